The summed E-state index contributed by atoms with van der Waals surface area (Å²) < 4.78 is 1.58. The largest absolute Gasteiger partial charge is 0.481 e. The average Bonchev–Trinajstić information content (AvgIpc) is 3.09. The number of carboxylic acids is 1. The monoisotopic (exact) mass is 314 g/mol. The molecule has 1 fully saturated rings. The number of carbonyl (C=O) groups excluding carboxylic acids is 1. The number of likely N-dealkylation sites (tertiary alicyclic amines) is 1. The fourth-order valence-electron chi connectivity index (χ4n) is 2.82. The smallest absolute Gasteiger partial charge is 0.311 e. The summed E-state index contributed by atoms with van der Waals surface area (Å²) in [5.74, 6) is -0.557. The molecule has 0 spiro atoms. The first-order valence-electron chi connectivity index (χ1n) is 7.49. The minimum Gasteiger partial charge on any atom is -0.481 e. The van der Waals surface area contributed by atoms with Crippen molar-refractivity contribution in [3.63, 3.8) is 0 Å². The maximum atomic E-state index is 12.7. The Morgan fingerprint density at radius 2 is 2.13 bits per heavy atom. The number of hydrogen-bond donors (Lipinski definition) is 1. The van der Waals surface area contributed by atoms with Gasteiger partial charge in [0, 0.05) is 25.5 Å². The van der Waals surface area contributed by atoms with E-state index in [1.54, 1.807) is 53.2 Å². The van der Waals surface area contributed by atoms with Gasteiger partial charge in [-0.05, 0) is 38.0 Å². The van der Waals surface area contributed by atoms with Gasteiger partial charge in [0.1, 0.15) is 5.69 Å². The van der Waals surface area contributed by atoms with Crippen LogP contribution in [0.15, 0.2) is 36.7 Å². The lowest BCUT2D eigenvalue weighted by molar-refractivity contribution is -0.150. The Morgan fingerprint density at radius 3 is 2.83 bits per heavy atom. The summed E-state index contributed by atoms with van der Waals surface area (Å²) in [6.45, 7) is 2.44. The van der Waals surface area contributed by atoms with E-state index in [0.29, 0.717) is 30.9 Å². The van der Waals surface area contributed by atoms with Crippen LogP contribution in [0.1, 0.15) is 30.3 Å². The molecular weight excluding hydrogens is 296 g/mol. The number of aliphatic carboxylic acids is 1. The fourth-order valence-corrected chi connectivity index (χ4v) is 2.82. The van der Waals surface area contributed by atoms with Gasteiger partial charge in [-0.25, -0.2) is 9.67 Å². The molecule has 1 aliphatic rings. The van der Waals surface area contributed by atoms with E-state index in [9.17, 15) is 14.7 Å². The number of hydrogen-bond acceptors (Lipinski definition) is 4. The molecule has 0 radical (unpaired) electrons. The van der Waals surface area contributed by atoms with Crippen molar-refractivity contribution < 1.29 is 14.7 Å². The lowest BCUT2D eigenvalue weighted by atomic mass is 9.82. The summed E-state index contributed by atoms with van der Waals surface area (Å²) in [6, 6.07) is 6.93. The minimum absolute atomic E-state index is 0.203. The van der Waals surface area contributed by atoms with Crippen LogP contribution in [0.2, 0.25) is 0 Å². The lowest BCUT2D eigenvalue weighted by Gasteiger charge is -2.37. The Kier molecular flexibility index (Phi) is 3.85. The molecule has 2 aromatic rings. The Labute approximate surface area is 133 Å². The van der Waals surface area contributed by atoms with Gasteiger partial charge in [0.05, 0.1) is 5.41 Å². The molecule has 7 nitrogen and oxygen atoms in total. The van der Waals surface area contributed by atoms with Gasteiger partial charge in [-0.3, -0.25) is 9.59 Å². The number of carbonyl (C=O) groups is 2. The van der Waals surface area contributed by atoms with Crippen molar-refractivity contribution in [1.29, 1.82) is 0 Å². The maximum Gasteiger partial charge on any atom is 0.311 e. The Morgan fingerprint density at radius 1 is 1.30 bits per heavy atom. The van der Waals surface area contributed by atoms with Gasteiger partial charge in [-0.15, -0.1) is 0 Å². The fraction of sp³-hybridized carbons (Fsp3) is 0.375. The zero-order chi connectivity index (χ0) is 16.4. The number of pyridine rings is 1. The molecule has 23 heavy (non-hydrogen) atoms. The molecule has 7 heteroatoms. The van der Waals surface area contributed by atoms with Crippen molar-refractivity contribution in [2.24, 2.45) is 5.41 Å². The second-order valence-electron chi connectivity index (χ2n) is 6.03. The van der Waals surface area contributed by atoms with Crippen LogP contribution in [-0.2, 0) is 4.79 Å². The zero-order valence-electron chi connectivity index (χ0n) is 12.8. The summed E-state index contributed by atoms with van der Waals surface area (Å²) in [4.78, 5) is 30.0. The molecule has 0 saturated carbocycles. The van der Waals surface area contributed by atoms with E-state index in [2.05, 4.69) is 10.1 Å². The molecule has 1 amide bonds. The number of amides is 1. The van der Waals surface area contributed by atoms with Gasteiger partial charge in [-0.1, -0.05) is 6.07 Å². The molecule has 0 aromatic carbocycles. The van der Waals surface area contributed by atoms with E-state index in [-0.39, 0.29) is 12.5 Å². The first kappa shape index (κ1) is 15.2. The Hall–Kier alpha value is -2.70. The molecule has 0 bridgehead atoms. The third kappa shape index (κ3) is 2.94. The van der Waals surface area contributed by atoms with Crippen molar-refractivity contribution in [3.8, 4) is 5.82 Å². The van der Waals surface area contributed by atoms with Gasteiger partial charge in [0.15, 0.2) is 5.82 Å². The zero-order valence-corrected chi connectivity index (χ0v) is 12.8. The van der Waals surface area contributed by atoms with Gasteiger partial charge >= 0.3 is 5.97 Å². The van der Waals surface area contributed by atoms with E-state index < -0.39 is 11.4 Å². The summed E-state index contributed by atoms with van der Waals surface area (Å²) >= 11 is 0. The van der Waals surface area contributed by atoms with E-state index in [0.717, 1.165) is 0 Å². The number of nitrogens with zero attached hydrogens (tertiary/aromatic N) is 4. The molecule has 1 unspecified atom stereocenters. The third-order valence-corrected chi connectivity index (χ3v) is 4.19. The van der Waals surface area contributed by atoms with E-state index >= 15 is 0 Å². The average molecular weight is 314 g/mol. The van der Waals surface area contributed by atoms with Crippen molar-refractivity contribution in [2.75, 3.05) is 13.1 Å². The van der Waals surface area contributed by atoms with Gasteiger partial charge in [0.2, 0.25) is 0 Å². The van der Waals surface area contributed by atoms with E-state index in [1.165, 1.54) is 0 Å². The maximum absolute atomic E-state index is 12.7. The predicted octanol–water partition coefficient (Wildman–Crippen LogP) is 1.59. The number of aromatic nitrogens is 3. The van der Waals surface area contributed by atoms with Crippen LogP contribution in [0.25, 0.3) is 5.82 Å². The lowest BCUT2D eigenvalue weighted by Crippen LogP contribution is -2.48. The van der Waals surface area contributed by atoms with Gasteiger partial charge in [-0.2, -0.15) is 5.10 Å². The summed E-state index contributed by atoms with van der Waals surface area (Å²) in [5, 5.41) is 13.5. The highest BCUT2D eigenvalue weighted by Gasteiger charge is 2.39. The molecule has 0 aliphatic carbocycles. The van der Waals surface area contributed by atoms with E-state index in [4.69, 9.17) is 0 Å². The Balaban J connectivity index is 1.83. The minimum atomic E-state index is -0.895. The second kappa shape index (κ2) is 5.83. The van der Waals surface area contributed by atoms with Crippen LogP contribution in [0.4, 0.5) is 0 Å². The van der Waals surface area contributed by atoms with Gasteiger partial charge < -0.3 is 10.0 Å². The van der Waals surface area contributed by atoms with Gasteiger partial charge in [0.25, 0.3) is 5.91 Å². The number of carboxylic acid groups (broad SMARTS) is 1. The number of piperidine rings is 1. The van der Waals surface area contributed by atoms with Crippen molar-refractivity contribution >= 4 is 11.9 Å². The Bertz CT molecular complexity index is 729. The van der Waals surface area contributed by atoms with Crippen LogP contribution in [0.3, 0.4) is 0 Å². The quantitative estimate of drug-likeness (QED) is 0.929. The summed E-state index contributed by atoms with van der Waals surface area (Å²) in [6.07, 6.45) is 4.64. The van der Waals surface area contributed by atoms with Crippen molar-refractivity contribution in [1.82, 2.24) is 19.7 Å². The topological polar surface area (TPSA) is 88.3 Å². The standard InChI is InChI=1S/C16H18N4O3/c1-16(15(22)23)7-3-9-19(11-16)14(21)12-5-2-6-13(18-12)20-10-4-8-17-20/h2,4-6,8,10H,3,7,9,11H2,1H3,(H,22,23). The first-order chi connectivity index (χ1) is 11.0. The highest BCUT2D eigenvalue weighted by Crippen LogP contribution is 2.30. The van der Waals surface area contributed by atoms with Crippen LogP contribution in [0, 0.1) is 5.41 Å². The number of rotatable bonds is 3. The molecular formula is C16H18N4O3. The normalized spacial score (nSPS) is 21.2. The van der Waals surface area contributed by atoms with Crippen LogP contribution in [0.5, 0.6) is 0 Å². The highest BCUT2D eigenvalue weighted by molar-refractivity contribution is 5.93. The summed E-state index contributed by atoms with van der Waals surface area (Å²) in [5.41, 5.74) is -0.597. The van der Waals surface area contributed by atoms with Crippen molar-refractivity contribution in [3.05, 3.63) is 42.4 Å². The molecule has 3 heterocycles. The predicted molar refractivity (Wildman–Crippen MR) is 82.2 cm³/mol. The first-order valence-corrected chi connectivity index (χ1v) is 7.49. The van der Waals surface area contributed by atoms with Crippen LogP contribution < -0.4 is 0 Å². The second-order valence-corrected chi connectivity index (χ2v) is 6.03. The molecule has 1 saturated heterocycles. The summed E-state index contributed by atoms with van der Waals surface area (Å²) in [7, 11) is 0. The molecule has 120 valence electrons. The SMILES string of the molecule is CC1(C(=O)O)CCCN(C(=O)c2cccc(-n3cccn3)n2)C1. The highest BCUT2D eigenvalue weighted by atomic mass is 16.4. The van der Waals surface area contributed by atoms with Crippen LogP contribution in [-0.4, -0.2) is 49.7 Å². The molecule has 3 rings (SSSR count). The molecule has 1 N–H and O–H groups in total. The van der Waals surface area contributed by atoms with E-state index in [1.807, 2.05) is 0 Å². The molecule has 1 atom stereocenters. The van der Waals surface area contributed by atoms with Crippen LogP contribution >= 0.6 is 0 Å². The third-order valence-electron chi connectivity index (χ3n) is 4.19. The molecule has 1 aliphatic heterocycles. The molecule has 2 aromatic heterocycles. The van der Waals surface area contributed by atoms with Crippen molar-refractivity contribution in [2.45, 2.75) is 19.8 Å².